The summed E-state index contributed by atoms with van der Waals surface area (Å²) in [5.41, 5.74) is 7.86. The monoisotopic (exact) mass is 272 g/mol. The van der Waals surface area contributed by atoms with Crippen LogP contribution in [-0.4, -0.2) is 28.6 Å². The lowest BCUT2D eigenvalue weighted by atomic mass is 10.1. The molecule has 0 aliphatic rings. The van der Waals surface area contributed by atoms with Gasteiger partial charge in [-0.25, -0.2) is 0 Å². The van der Waals surface area contributed by atoms with Gasteiger partial charge < -0.3 is 16.3 Å². The first-order chi connectivity index (χ1) is 9.76. The van der Waals surface area contributed by atoms with Crippen LogP contribution in [0.15, 0.2) is 41.7 Å². The standard InChI is InChI=1S/C15H20N4O/c1-2-13(15(16)19-20)17-10-8-12-6-3-5-11-7-4-9-18-14(11)12/h3-7,9,13,17,20H,2,8,10H2,1H3,(H2,16,19). The van der Waals surface area contributed by atoms with Gasteiger partial charge in [0.25, 0.3) is 0 Å². The van der Waals surface area contributed by atoms with E-state index in [2.05, 4.69) is 33.7 Å². The maximum absolute atomic E-state index is 8.71. The van der Waals surface area contributed by atoms with E-state index < -0.39 is 0 Å². The van der Waals surface area contributed by atoms with E-state index in [1.807, 2.05) is 25.3 Å². The number of para-hydroxylation sites is 1. The van der Waals surface area contributed by atoms with Gasteiger partial charge in [0.15, 0.2) is 5.84 Å². The van der Waals surface area contributed by atoms with Crippen molar-refractivity contribution < 1.29 is 5.21 Å². The molecule has 0 saturated heterocycles. The number of hydrogen-bond donors (Lipinski definition) is 3. The van der Waals surface area contributed by atoms with Crippen LogP contribution < -0.4 is 11.1 Å². The number of nitrogens with two attached hydrogens (primary N) is 1. The molecule has 1 aromatic heterocycles. The topological polar surface area (TPSA) is 83.5 Å². The molecule has 1 aromatic carbocycles. The first kappa shape index (κ1) is 14.3. The van der Waals surface area contributed by atoms with Crippen molar-refractivity contribution in [3.63, 3.8) is 0 Å². The molecule has 0 aliphatic carbocycles. The predicted molar refractivity (Wildman–Crippen MR) is 80.9 cm³/mol. The molecule has 2 rings (SSSR count). The first-order valence-electron chi connectivity index (χ1n) is 6.79. The molecule has 0 spiro atoms. The summed E-state index contributed by atoms with van der Waals surface area (Å²) in [6.07, 6.45) is 3.44. The van der Waals surface area contributed by atoms with Crippen molar-refractivity contribution in [3.05, 3.63) is 42.1 Å². The van der Waals surface area contributed by atoms with Gasteiger partial charge in [-0.2, -0.15) is 0 Å². The molecule has 20 heavy (non-hydrogen) atoms. The number of nitrogens with one attached hydrogen (secondary N) is 1. The molecule has 0 fully saturated rings. The van der Waals surface area contributed by atoms with E-state index >= 15 is 0 Å². The first-order valence-corrected chi connectivity index (χ1v) is 6.79. The van der Waals surface area contributed by atoms with E-state index in [4.69, 9.17) is 10.9 Å². The minimum Gasteiger partial charge on any atom is -0.409 e. The third-order valence-electron chi connectivity index (χ3n) is 3.38. The maximum Gasteiger partial charge on any atom is 0.156 e. The molecule has 5 nitrogen and oxygen atoms in total. The minimum atomic E-state index is -0.0945. The molecule has 0 saturated carbocycles. The van der Waals surface area contributed by atoms with Gasteiger partial charge in [-0.3, -0.25) is 4.98 Å². The maximum atomic E-state index is 8.71. The van der Waals surface area contributed by atoms with Crippen molar-refractivity contribution in [2.24, 2.45) is 10.9 Å². The fraction of sp³-hybridized carbons (Fsp3) is 0.333. The van der Waals surface area contributed by atoms with E-state index in [1.165, 1.54) is 5.56 Å². The minimum absolute atomic E-state index is 0.0945. The SMILES string of the molecule is CCC(NCCc1cccc2cccnc12)/C(N)=N/O. The molecule has 5 heteroatoms. The largest absolute Gasteiger partial charge is 0.409 e. The lowest BCUT2D eigenvalue weighted by molar-refractivity contribution is 0.314. The summed E-state index contributed by atoms with van der Waals surface area (Å²) in [5.74, 6) is 0.226. The van der Waals surface area contributed by atoms with Crippen LogP contribution in [0.5, 0.6) is 0 Å². The Hall–Kier alpha value is -2.14. The van der Waals surface area contributed by atoms with Crippen LogP contribution in [0.3, 0.4) is 0 Å². The number of pyridine rings is 1. The second-order valence-corrected chi connectivity index (χ2v) is 4.68. The highest BCUT2D eigenvalue weighted by Gasteiger charge is 2.10. The smallest absolute Gasteiger partial charge is 0.156 e. The number of amidine groups is 1. The fourth-order valence-corrected chi connectivity index (χ4v) is 2.28. The summed E-state index contributed by atoms with van der Waals surface area (Å²) < 4.78 is 0. The van der Waals surface area contributed by atoms with Crippen LogP contribution in [0.25, 0.3) is 10.9 Å². The molecule has 0 amide bonds. The zero-order valence-corrected chi connectivity index (χ0v) is 11.6. The molecule has 106 valence electrons. The molecular formula is C15H20N4O. The number of aromatic nitrogens is 1. The number of fused-ring (bicyclic) bond motifs is 1. The normalized spacial score (nSPS) is 13.6. The van der Waals surface area contributed by atoms with Crippen LogP contribution >= 0.6 is 0 Å². The number of nitrogens with zero attached hydrogens (tertiary/aromatic N) is 2. The van der Waals surface area contributed by atoms with E-state index in [9.17, 15) is 0 Å². The summed E-state index contributed by atoms with van der Waals surface area (Å²) in [4.78, 5) is 4.43. The Morgan fingerprint density at radius 1 is 1.40 bits per heavy atom. The van der Waals surface area contributed by atoms with E-state index in [-0.39, 0.29) is 11.9 Å². The molecule has 1 atom stereocenters. The highest BCUT2D eigenvalue weighted by molar-refractivity contribution is 5.85. The zero-order valence-electron chi connectivity index (χ0n) is 11.6. The van der Waals surface area contributed by atoms with Gasteiger partial charge in [0.05, 0.1) is 11.6 Å². The molecule has 0 radical (unpaired) electrons. The second-order valence-electron chi connectivity index (χ2n) is 4.68. The third-order valence-corrected chi connectivity index (χ3v) is 3.38. The van der Waals surface area contributed by atoms with Crippen LogP contribution in [0.2, 0.25) is 0 Å². The summed E-state index contributed by atoms with van der Waals surface area (Å²) in [5, 5.41) is 16.2. The van der Waals surface area contributed by atoms with Gasteiger partial charge in [-0.1, -0.05) is 36.3 Å². The lowest BCUT2D eigenvalue weighted by Gasteiger charge is -2.15. The van der Waals surface area contributed by atoms with Gasteiger partial charge in [0.1, 0.15) is 0 Å². The van der Waals surface area contributed by atoms with Crippen LogP contribution in [0.1, 0.15) is 18.9 Å². The van der Waals surface area contributed by atoms with Crippen molar-refractivity contribution in [2.45, 2.75) is 25.8 Å². The lowest BCUT2D eigenvalue weighted by Crippen LogP contribution is -2.41. The predicted octanol–water partition coefficient (Wildman–Crippen LogP) is 1.89. The van der Waals surface area contributed by atoms with E-state index in [1.54, 1.807) is 0 Å². The number of benzene rings is 1. The summed E-state index contributed by atoms with van der Waals surface area (Å²) in [6, 6.07) is 10.1. The van der Waals surface area contributed by atoms with Gasteiger partial charge in [-0.05, 0) is 31.0 Å². The molecule has 1 heterocycles. The van der Waals surface area contributed by atoms with Crippen molar-refractivity contribution in [2.75, 3.05) is 6.54 Å². The van der Waals surface area contributed by atoms with E-state index in [0.29, 0.717) is 0 Å². The Morgan fingerprint density at radius 3 is 2.95 bits per heavy atom. The fourth-order valence-electron chi connectivity index (χ4n) is 2.28. The van der Waals surface area contributed by atoms with Crippen molar-refractivity contribution >= 4 is 16.7 Å². The Labute approximate surface area is 118 Å². The zero-order chi connectivity index (χ0) is 14.4. The summed E-state index contributed by atoms with van der Waals surface area (Å²) in [7, 11) is 0. The number of oxime groups is 1. The average molecular weight is 272 g/mol. The van der Waals surface area contributed by atoms with Gasteiger partial charge in [0, 0.05) is 11.6 Å². The molecule has 2 aromatic rings. The van der Waals surface area contributed by atoms with Gasteiger partial charge in [0.2, 0.25) is 0 Å². The number of rotatable bonds is 6. The van der Waals surface area contributed by atoms with Crippen molar-refractivity contribution in [1.29, 1.82) is 0 Å². The second kappa shape index (κ2) is 6.86. The van der Waals surface area contributed by atoms with Crippen LogP contribution in [0, 0.1) is 0 Å². The third kappa shape index (κ3) is 3.24. The van der Waals surface area contributed by atoms with Crippen molar-refractivity contribution in [3.8, 4) is 0 Å². The van der Waals surface area contributed by atoms with Gasteiger partial charge in [-0.15, -0.1) is 0 Å². The highest BCUT2D eigenvalue weighted by Crippen LogP contribution is 2.16. The summed E-state index contributed by atoms with van der Waals surface area (Å²) >= 11 is 0. The molecule has 0 bridgehead atoms. The molecule has 4 N–H and O–H groups in total. The average Bonchev–Trinajstić information content (AvgIpc) is 2.51. The Morgan fingerprint density at radius 2 is 2.20 bits per heavy atom. The molecular weight excluding hydrogens is 252 g/mol. The highest BCUT2D eigenvalue weighted by atomic mass is 16.4. The van der Waals surface area contributed by atoms with Crippen LogP contribution in [0.4, 0.5) is 0 Å². The Bertz CT molecular complexity index is 592. The quantitative estimate of drug-likeness (QED) is 0.324. The molecule has 0 aliphatic heterocycles. The number of hydrogen-bond acceptors (Lipinski definition) is 4. The molecule has 1 unspecified atom stereocenters. The summed E-state index contributed by atoms with van der Waals surface area (Å²) in [6.45, 7) is 2.75. The Balaban J connectivity index is 2.03. The van der Waals surface area contributed by atoms with Crippen LogP contribution in [-0.2, 0) is 6.42 Å². The van der Waals surface area contributed by atoms with Gasteiger partial charge >= 0.3 is 0 Å². The Kier molecular flexibility index (Phi) is 4.90. The van der Waals surface area contributed by atoms with E-state index in [0.717, 1.165) is 30.3 Å². The van der Waals surface area contributed by atoms with Crippen molar-refractivity contribution in [1.82, 2.24) is 10.3 Å².